The molecule has 0 saturated carbocycles. The zero-order chi connectivity index (χ0) is 11.0. The van der Waals surface area contributed by atoms with Gasteiger partial charge in [0.2, 0.25) is 0 Å². The van der Waals surface area contributed by atoms with E-state index in [1.807, 2.05) is 11.8 Å². The molecule has 0 rings (SSSR count). The molecule has 0 saturated heterocycles. The minimum Gasteiger partial charge on any atom is -0.0997 e. The minimum atomic E-state index is 1.12. The van der Waals surface area contributed by atoms with Gasteiger partial charge in [0.05, 0.1) is 0 Å². The number of rotatable bonds is 5. The molecule has 0 aliphatic rings. The summed E-state index contributed by atoms with van der Waals surface area (Å²) >= 11 is 1.87. The second-order valence-corrected chi connectivity index (χ2v) is 4.71. The van der Waals surface area contributed by atoms with Gasteiger partial charge in [0.1, 0.15) is 0 Å². The largest absolute Gasteiger partial charge is 0.0997 e. The van der Waals surface area contributed by atoms with Crippen molar-refractivity contribution in [2.45, 2.75) is 47.5 Å². The van der Waals surface area contributed by atoms with Crippen molar-refractivity contribution in [2.75, 3.05) is 0 Å². The van der Waals surface area contributed by atoms with Crippen molar-refractivity contribution >= 4 is 11.8 Å². The lowest BCUT2D eigenvalue weighted by Crippen LogP contribution is -1.80. The van der Waals surface area contributed by atoms with Gasteiger partial charge in [-0.15, -0.1) is 0 Å². The molecule has 0 aliphatic heterocycles. The van der Waals surface area contributed by atoms with Crippen molar-refractivity contribution in [3.63, 3.8) is 0 Å². The van der Waals surface area contributed by atoms with E-state index in [1.54, 1.807) is 0 Å². The monoisotopic (exact) mass is 210 g/mol. The van der Waals surface area contributed by atoms with Gasteiger partial charge in [0.15, 0.2) is 0 Å². The van der Waals surface area contributed by atoms with Gasteiger partial charge in [-0.2, -0.15) is 0 Å². The second kappa shape index (κ2) is 7.93. The molecule has 0 fully saturated rings. The normalized spacial score (nSPS) is 14.8. The maximum absolute atomic E-state index is 2.26. The fourth-order valence-electron chi connectivity index (χ4n) is 1.11. The van der Waals surface area contributed by atoms with Crippen LogP contribution < -0.4 is 0 Å². The van der Waals surface area contributed by atoms with E-state index in [9.17, 15) is 0 Å². The molecule has 0 radical (unpaired) electrons. The molecule has 0 heterocycles. The lowest BCUT2D eigenvalue weighted by atomic mass is 10.2. The molecule has 80 valence electrons. The highest BCUT2D eigenvalue weighted by molar-refractivity contribution is 8.06. The van der Waals surface area contributed by atoms with Gasteiger partial charge in [-0.3, -0.25) is 0 Å². The first-order valence-corrected chi connectivity index (χ1v) is 6.14. The van der Waals surface area contributed by atoms with Gasteiger partial charge in [-0.05, 0) is 49.0 Å². The van der Waals surface area contributed by atoms with Crippen molar-refractivity contribution in [2.24, 2.45) is 0 Å². The lowest BCUT2D eigenvalue weighted by molar-refractivity contribution is 1.12. The Morgan fingerprint density at radius 1 is 1.21 bits per heavy atom. The fraction of sp³-hybridized carbons (Fsp3) is 0.538. The maximum Gasteiger partial charge on any atom is -0.0105 e. The van der Waals surface area contributed by atoms with Gasteiger partial charge in [0, 0.05) is 0 Å². The van der Waals surface area contributed by atoms with E-state index in [1.165, 1.54) is 15.4 Å². The van der Waals surface area contributed by atoms with E-state index in [-0.39, 0.29) is 0 Å². The van der Waals surface area contributed by atoms with Crippen molar-refractivity contribution in [3.05, 3.63) is 33.6 Å². The molecule has 0 aliphatic carbocycles. The lowest BCUT2D eigenvalue weighted by Gasteiger charge is -2.06. The highest BCUT2D eigenvalue weighted by atomic mass is 32.2. The van der Waals surface area contributed by atoms with Crippen molar-refractivity contribution < 1.29 is 0 Å². The number of hydrogen-bond acceptors (Lipinski definition) is 1. The summed E-state index contributed by atoms with van der Waals surface area (Å²) in [5.41, 5.74) is 1.46. The molecule has 14 heavy (non-hydrogen) atoms. The molecule has 0 aromatic carbocycles. The van der Waals surface area contributed by atoms with Gasteiger partial charge in [0.25, 0.3) is 0 Å². The Morgan fingerprint density at radius 3 is 2.29 bits per heavy atom. The SMILES string of the molecule is C/C=C(\C)S/C(C)=C(/C=C\CC)CC. The summed E-state index contributed by atoms with van der Waals surface area (Å²) in [5.74, 6) is 0. The second-order valence-electron chi connectivity index (χ2n) is 3.25. The summed E-state index contributed by atoms with van der Waals surface area (Å²) in [7, 11) is 0. The van der Waals surface area contributed by atoms with Crippen molar-refractivity contribution in [3.8, 4) is 0 Å². The number of hydrogen-bond donors (Lipinski definition) is 0. The van der Waals surface area contributed by atoms with Gasteiger partial charge in [-0.1, -0.05) is 43.8 Å². The summed E-state index contributed by atoms with van der Waals surface area (Å²) in [6.45, 7) is 10.8. The molecular formula is C13H22S. The summed E-state index contributed by atoms with van der Waals surface area (Å²) < 4.78 is 0. The molecule has 0 atom stereocenters. The van der Waals surface area contributed by atoms with Gasteiger partial charge < -0.3 is 0 Å². The highest BCUT2D eigenvalue weighted by Crippen LogP contribution is 2.28. The van der Waals surface area contributed by atoms with Crippen molar-refractivity contribution in [1.29, 1.82) is 0 Å². The van der Waals surface area contributed by atoms with Crippen LogP contribution in [0.5, 0.6) is 0 Å². The topological polar surface area (TPSA) is 0 Å². The van der Waals surface area contributed by atoms with Crippen LogP contribution in [0.1, 0.15) is 47.5 Å². The smallest absolute Gasteiger partial charge is 0.0105 e. The average molecular weight is 210 g/mol. The van der Waals surface area contributed by atoms with Crippen LogP contribution in [-0.2, 0) is 0 Å². The first kappa shape index (κ1) is 13.6. The molecule has 0 spiro atoms. The van der Waals surface area contributed by atoms with Crippen LogP contribution in [0.15, 0.2) is 33.6 Å². The van der Waals surface area contributed by atoms with Crippen LogP contribution in [0.2, 0.25) is 0 Å². The van der Waals surface area contributed by atoms with Crippen LogP contribution >= 0.6 is 11.8 Å². The van der Waals surface area contributed by atoms with E-state index in [2.05, 4.69) is 52.8 Å². The summed E-state index contributed by atoms with van der Waals surface area (Å²) in [4.78, 5) is 2.80. The van der Waals surface area contributed by atoms with E-state index in [4.69, 9.17) is 0 Å². The molecule has 0 unspecified atom stereocenters. The first-order chi connectivity index (χ1) is 6.65. The third kappa shape index (κ3) is 5.33. The predicted molar refractivity (Wildman–Crippen MR) is 69.4 cm³/mol. The Hall–Kier alpha value is -0.430. The minimum absolute atomic E-state index is 1.12. The Balaban J connectivity index is 4.57. The molecule has 0 nitrogen and oxygen atoms in total. The van der Waals surface area contributed by atoms with Crippen LogP contribution in [0.25, 0.3) is 0 Å². The van der Waals surface area contributed by atoms with Gasteiger partial charge in [-0.25, -0.2) is 0 Å². The Morgan fingerprint density at radius 2 is 1.86 bits per heavy atom. The highest BCUT2D eigenvalue weighted by Gasteiger charge is 1.98. The zero-order valence-corrected chi connectivity index (χ0v) is 10.9. The molecule has 0 aromatic rings. The number of thioether (sulfide) groups is 1. The fourth-order valence-corrected chi connectivity index (χ4v) is 2.05. The van der Waals surface area contributed by atoms with E-state index < -0.39 is 0 Å². The van der Waals surface area contributed by atoms with Crippen molar-refractivity contribution in [1.82, 2.24) is 0 Å². The van der Waals surface area contributed by atoms with E-state index >= 15 is 0 Å². The molecule has 1 heteroatoms. The number of allylic oxidation sites excluding steroid dienone is 6. The maximum atomic E-state index is 2.26. The summed E-state index contributed by atoms with van der Waals surface area (Å²) in [5, 5.41) is 0. The molecule has 0 N–H and O–H groups in total. The standard InChI is InChI=1S/C13H22S/c1-6-9-10-13(8-3)12(5)14-11(4)7-2/h7,9-10H,6,8H2,1-5H3/b10-9-,11-7+,13-12+. The first-order valence-electron chi connectivity index (χ1n) is 5.32. The Labute approximate surface area is 93.2 Å². The molecule has 0 aromatic heterocycles. The van der Waals surface area contributed by atoms with Crippen LogP contribution in [0.4, 0.5) is 0 Å². The summed E-state index contributed by atoms with van der Waals surface area (Å²) in [6.07, 6.45) is 8.88. The van der Waals surface area contributed by atoms with E-state index in [0.29, 0.717) is 0 Å². The quantitative estimate of drug-likeness (QED) is 0.555. The van der Waals surface area contributed by atoms with Crippen LogP contribution in [0, 0.1) is 0 Å². The van der Waals surface area contributed by atoms with Crippen LogP contribution in [-0.4, -0.2) is 0 Å². The third-order valence-corrected chi connectivity index (χ3v) is 3.23. The predicted octanol–water partition coefficient (Wildman–Crippen LogP) is 5.29. The zero-order valence-electron chi connectivity index (χ0n) is 10.1. The average Bonchev–Trinajstić information content (AvgIpc) is 2.18. The molecule has 0 amide bonds. The van der Waals surface area contributed by atoms with Gasteiger partial charge >= 0.3 is 0 Å². The Kier molecular flexibility index (Phi) is 7.68. The Bertz CT molecular complexity index is 244. The molecule has 0 bridgehead atoms. The third-order valence-electron chi connectivity index (χ3n) is 2.11. The van der Waals surface area contributed by atoms with E-state index in [0.717, 1.165) is 12.8 Å². The summed E-state index contributed by atoms with van der Waals surface area (Å²) in [6, 6.07) is 0. The van der Waals surface area contributed by atoms with Crippen LogP contribution in [0.3, 0.4) is 0 Å². The molecular weight excluding hydrogens is 188 g/mol.